The zero-order chi connectivity index (χ0) is 11.9. The van der Waals surface area contributed by atoms with Crippen LogP contribution in [0.4, 0.5) is 5.69 Å². The number of carbonyl (C=O) groups is 1. The fraction of sp³-hybridized carbons (Fsp3) is 0.417. The Balaban J connectivity index is 2.38. The van der Waals surface area contributed by atoms with Crippen molar-refractivity contribution in [2.24, 2.45) is 5.73 Å². The predicted molar refractivity (Wildman–Crippen MR) is 65.8 cm³/mol. The second-order valence-electron chi connectivity index (χ2n) is 4.67. The third-order valence-electron chi connectivity index (χ3n) is 2.77. The van der Waals surface area contributed by atoms with Crippen LogP contribution in [-0.4, -0.2) is 18.0 Å². The molecule has 86 valence electrons. The summed E-state index contributed by atoms with van der Waals surface area (Å²) in [5.74, 6) is -0.0616. The first-order valence-electron chi connectivity index (χ1n) is 5.29. The van der Waals surface area contributed by atoms with Crippen LogP contribution >= 0.6 is 11.6 Å². The number of fused-ring (bicyclic) bond motifs is 1. The number of anilines is 1. The molecule has 4 heteroatoms. The van der Waals surface area contributed by atoms with E-state index in [-0.39, 0.29) is 5.91 Å². The van der Waals surface area contributed by atoms with Gasteiger partial charge < -0.3 is 10.6 Å². The molecule has 1 amide bonds. The first-order valence-corrected chi connectivity index (χ1v) is 5.67. The van der Waals surface area contributed by atoms with E-state index in [1.165, 1.54) is 0 Å². The van der Waals surface area contributed by atoms with E-state index in [9.17, 15) is 4.79 Å². The lowest BCUT2D eigenvalue weighted by Crippen LogP contribution is -2.50. The largest absolute Gasteiger partial charge is 0.318 e. The molecule has 0 spiro atoms. The maximum absolute atomic E-state index is 12.1. The molecule has 0 saturated heterocycles. The summed E-state index contributed by atoms with van der Waals surface area (Å²) >= 11 is 6.08. The van der Waals surface area contributed by atoms with Gasteiger partial charge in [0.05, 0.1) is 5.54 Å². The van der Waals surface area contributed by atoms with Crippen LogP contribution in [0.5, 0.6) is 0 Å². The average Bonchev–Trinajstić information content (AvgIpc) is 2.60. The highest BCUT2D eigenvalue weighted by Gasteiger charge is 2.33. The van der Waals surface area contributed by atoms with Crippen LogP contribution in [-0.2, 0) is 11.2 Å². The number of halogens is 1. The van der Waals surface area contributed by atoms with Gasteiger partial charge in [-0.1, -0.05) is 17.7 Å². The van der Waals surface area contributed by atoms with Gasteiger partial charge in [0.15, 0.2) is 0 Å². The van der Waals surface area contributed by atoms with Gasteiger partial charge in [-0.25, -0.2) is 0 Å². The normalized spacial score (nSPS) is 15.1. The summed E-state index contributed by atoms with van der Waals surface area (Å²) in [6, 6.07) is 5.62. The van der Waals surface area contributed by atoms with E-state index < -0.39 is 5.54 Å². The highest BCUT2D eigenvalue weighted by Crippen LogP contribution is 2.34. The molecule has 0 unspecified atom stereocenters. The molecule has 0 saturated carbocycles. The fourth-order valence-electron chi connectivity index (χ4n) is 1.95. The van der Waals surface area contributed by atoms with Gasteiger partial charge in [-0.2, -0.15) is 0 Å². The second kappa shape index (κ2) is 3.75. The fourth-order valence-corrected chi connectivity index (χ4v) is 2.21. The maximum Gasteiger partial charge on any atom is 0.246 e. The van der Waals surface area contributed by atoms with Gasteiger partial charge in [-0.15, -0.1) is 0 Å². The standard InChI is InChI=1S/C12H15ClN2O/c1-12(2,14)11(16)15-7-6-8-9(13)4-3-5-10(8)15/h3-5H,6-7,14H2,1-2H3. The zero-order valence-corrected chi connectivity index (χ0v) is 10.2. The van der Waals surface area contributed by atoms with Crippen LogP contribution in [0.3, 0.4) is 0 Å². The Bertz CT molecular complexity index is 437. The molecule has 0 radical (unpaired) electrons. The van der Waals surface area contributed by atoms with Crippen molar-refractivity contribution in [3.63, 3.8) is 0 Å². The van der Waals surface area contributed by atoms with Crippen molar-refractivity contribution in [3.8, 4) is 0 Å². The molecule has 0 bridgehead atoms. The Hall–Kier alpha value is -1.06. The van der Waals surface area contributed by atoms with Gasteiger partial charge in [-0.3, -0.25) is 4.79 Å². The molecule has 0 fully saturated rings. The molecule has 3 nitrogen and oxygen atoms in total. The highest BCUT2D eigenvalue weighted by atomic mass is 35.5. The van der Waals surface area contributed by atoms with Crippen molar-refractivity contribution in [1.82, 2.24) is 0 Å². The Kier molecular flexibility index (Phi) is 2.68. The molecule has 2 N–H and O–H groups in total. The summed E-state index contributed by atoms with van der Waals surface area (Å²) in [7, 11) is 0. The Morgan fingerprint density at radius 1 is 1.50 bits per heavy atom. The maximum atomic E-state index is 12.1. The molecule has 1 aliphatic heterocycles. The smallest absolute Gasteiger partial charge is 0.246 e. The van der Waals surface area contributed by atoms with Crippen LogP contribution in [0.2, 0.25) is 5.02 Å². The Morgan fingerprint density at radius 3 is 2.81 bits per heavy atom. The summed E-state index contributed by atoms with van der Waals surface area (Å²) < 4.78 is 0. The molecule has 1 aliphatic rings. The number of carbonyl (C=O) groups excluding carboxylic acids is 1. The average molecular weight is 239 g/mol. The quantitative estimate of drug-likeness (QED) is 0.813. The summed E-state index contributed by atoms with van der Waals surface area (Å²) in [6.07, 6.45) is 0.802. The van der Waals surface area contributed by atoms with Crippen LogP contribution in [0.1, 0.15) is 19.4 Å². The minimum Gasteiger partial charge on any atom is -0.318 e. The third kappa shape index (κ3) is 1.81. The topological polar surface area (TPSA) is 46.3 Å². The molecule has 0 atom stereocenters. The van der Waals surface area contributed by atoms with Gasteiger partial charge in [-0.05, 0) is 38.0 Å². The van der Waals surface area contributed by atoms with Gasteiger partial charge in [0.2, 0.25) is 5.91 Å². The van der Waals surface area contributed by atoms with Crippen LogP contribution < -0.4 is 10.6 Å². The zero-order valence-electron chi connectivity index (χ0n) is 9.46. The Labute approximate surface area is 100 Å². The monoisotopic (exact) mass is 238 g/mol. The van der Waals surface area contributed by atoms with E-state index in [0.29, 0.717) is 6.54 Å². The molecule has 1 heterocycles. The minimum absolute atomic E-state index is 0.0616. The lowest BCUT2D eigenvalue weighted by molar-refractivity contribution is -0.122. The van der Waals surface area contributed by atoms with Crippen molar-refractivity contribution >= 4 is 23.2 Å². The number of benzene rings is 1. The van der Waals surface area contributed by atoms with E-state index in [4.69, 9.17) is 17.3 Å². The number of nitrogens with zero attached hydrogens (tertiary/aromatic N) is 1. The van der Waals surface area contributed by atoms with Crippen molar-refractivity contribution in [3.05, 3.63) is 28.8 Å². The van der Waals surface area contributed by atoms with E-state index in [1.807, 2.05) is 18.2 Å². The van der Waals surface area contributed by atoms with Gasteiger partial charge >= 0.3 is 0 Å². The molecular weight excluding hydrogens is 224 g/mol. The second-order valence-corrected chi connectivity index (χ2v) is 5.07. The summed E-state index contributed by atoms with van der Waals surface area (Å²) in [6.45, 7) is 4.11. The highest BCUT2D eigenvalue weighted by molar-refractivity contribution is 6.32. The van der Waals surface area contributed by atoms with Gasteiger partial charge in [0.25, 0.3) is 0 Å². The van der Waals surface area contributed by atoms with Crippen molar-refractivity contribution in [1.29, 1.82) is 0 Å². The summed E-state index contributed by atoms with van der Waals surface area (Å²) in [5, 5.41) is 0.725. The Morgan fingerprint density at radius 2 is 2.19 bits per heavy atom. The predicted octanol–water partition coefficient (Wildman–Crippen LogP) is 1.97. The number of nitrogens with two attached hydrogens (primary N) is 1. The molecule has 0 aliphatic carbocycles. The molecule has 0 aromatic heterocycles. The lowest BCUT2D eigenvalue weighted by Gasteiger charge is -2.26. The van der Waals surface area contributed by atoms with Crippen LogP contribution in [0.15, 0.2) is 18.2 Å². The van der Waals surface area contributed by atoms with Gasteiger partial charge in [0, 0.05) is 17.3 Å². The van der Waals surface area contributed by atoms with E-state index in [2.05, 4.69) is 0 Å². The van der Waals surface area contributed by atoms with Gasteiger partial charge in [0.1, 0.15) is 0 Å². The third-order valence-corrected chi connectivity index (χ3v) is 3.12. The molecule has 1 aromatic carbocycles. The van der Waals surface area contributed by atoms with Crippen molar-refractivity contribution in [2.45, 2.75) is 25.8 Å². The number of hydrogen-bond donors (Lipinski definition) is 1. The van der Waals surface area contributed by atoms with Crippen LogP contribution in [0.25, 0.3) is 0 Å². The molecule has 1 aromatic rings. The van der Waals surface area contributed by atoms with E-state index >= 15 is 0 Å². The number of hydrogen-bond acceptors (Lipinski definition) is 2. The number of rotatable bonds is 1. The SMILES string of the molecule is CC(C)(N)C(=O)N1CCc2c(Cl)cccc21. The van der Waals surface area contributed by atoms with Crippen LogP contribution in [0, 0.1) is 0 Å². The summed E-state index contributed by atoms with van der Waals surface area (Å²) in [5.41, 5.74) is 6.93. The molecule has 2 rings (SSSR count). The van der Waals surface area contributed by atoms with E-state index in [0.717, 1.165) is 22.7 Å². The van der Waals surface area contributed by atoms with Crippen molar-refractivity contribution in [2.75, 3.05) is 11.4 Å². The minimum atomic E-state index is -0.843. The first-order chi connectivity index (χ1) is 7.41. The van der Waals surface area contributed by atoms with E-state index in [1.54, 1.807) is 18.7 Å². The van der Waals surface area contributed by atoms with Crippen molar-refractivity contribution < 1.29 is 4.79 Å². The number of amides is 1. The summed E-state index contributed by atoms with van der Waals surface area (Å²) in [4.78, 5) is 13.8. The molecule has 16 heavy (non-hydrogen) atoms. The first kappa shape index (κ1) is 11.4. The lowest BCUT2D eigenvalue weighted by atomic mass is 10.1. The molecular formula is C12H15ClN2O.